The Morgan fingerprint density at radius 1 is 1.29 bits per heavy atom. The first kappa shape index (κ1) is 15.9. The molecule has 124 valence electrons. The highest BCUT2D eigenvalue weighted by Gasteiger charge is 2.24. The zero-order valence-electron chi connectivity index (χ0n) is 12.8. The number of carbonyl (C=O) groups excluding carboxylic acids is 1. The van der Waals surface area contributed by atoms with Crippen molar-refractivity contribution in [1.82, 2.24) is 10.3 Å². The van der Waals surface area contributed by atoms with Crippen LogP contribution in [-0.4, -0.2) is 31.8 Å². The summed E-state index contributed by atoms with van der Waals surface area (Å²) < 4.78 is 27.8. The summed E-state index contributed by atoms with van der Waals surface area (Å²) >= 11 is 0. The van der Waals surface area contributed by atoms with Gasteiger partial charge in [0.2, 0.25) is 0 Å². The fourth-order valence-corrected chi connectivity index (χ4v) is 3.29. The van der Waals surface area contributed by atoms with E-state index in [-0.39, 0.29) is 17.3 Å². The Bertz CT molecular complexity index is 924. The highest BCUT2D eigenvalue weighted by atomic mass is 32.2. The van der Waals surface area contributed by atoms with E-state index >= 15 is 0 Å². The highest BCUT2D eigenvalue weighted by Crippen LogP contribution is 2.25. The Labute approximate surface area is 139 Å². The monoisotopic (exact) mass is 345 g/mol. The van der Waals surface area contributed by atoms with Gasteiger partial charge in [0.05, 0.1) is 12.2 Å². The first-order valence-electron chi connectivity index (χ1n) is 7.10. The lowest BCUT2D eigenvalue weighted by Gasteiger charge is -2.18. The smallest absolute Gasteiger partial charge is 0.319 e. The summed E-state index contributed by atoms with van der Waals surface area (Å²) in [6.45, 7) is 1.86. The molecule has 3 rings (SSSR count). The lowest BCUT2D eigenvalue weighted by atomic mass is 10.2. The van der Waals surface area contributed by atoms with Crippen molar-refractivity contribution in [2.24, 2.45) is 4.40 Å². The number of hydrogen-bond donors (Lipinski definition) is 3. The van der Waals surface area contributed by atoms with Gasteiger partial charge in [-0.15, -0.1) is 4.40 Å². The lowest BCUT2D eigenvalue weighted by molar-refractivity contribution is 0.253. The van der Waals surface area contributed by atoms with E-state index in [1.165, 1.54) is 18.5 Å². The largest absolute Gasteiger partial charge is 0.340 e. The molecule has 0 spiro atoms. The van der Waals surface area contributed by atoms with Crippen molar-refractivity contribution in [1.29, 1.82) is 0 Å². The molecule has 1 aliphatic rings. The van der Waals surface area contributed by atoms with Crippen molar-refractivity contribution in [3.05, 3.63) is 48.3 Å². The molecule has 2 heterocycles. The summed E-state index contributed by atoms with van der Waals surface area (Å²) in [5.74, 6) is 0.132. The standard InChI is InChI=1S/C15H15N5O3S/c1-10-3-2-4-11(7-10)18-15(21)17-9-14-19-12-5-6-16-8-13(12)24(22,23)20-14/h2-8H,9H2,1H3,(H,19,20)(H2,17,18,21). The predicted octanol–water partition coefficient (Wildman–Crippen LogP) is 1.72. The number of sulfonamides is 1. The van der Waals surface area contributed by atoms with Crippen LogP contribution in [0.15, 0.2) is 52.0 Å². The molecule has 1 aromatic carbocycles. The van der Waals surface area contributed by atoms with Crippen LogP contribution in [0.2, 0.25) is 0 Å². The molecule has 0 atom stereocenters. The van der Waals surface area contributed by atoms with Crippen LogP contribution in [-0.2, 0) is 10.0 Å². The maximum Gasteiger partial charge on any atom is 0.319 e. The Balaban J connectivity index is 1.65. The molecule has 0 aliphatic carbocycles. The number of pyridine rings is 1. The van der Waals surface area contributed by atoms with Crippen molar-refractivity contribution in [3.63, 3.8) is 0 Å². The number of aromatic nitrogens is 1. The number of urea groups is 1. The van der Waals surface area contributed by atoms with Crippen LogP contribution < -0.4 is 16.0 Å². The topological polar surface area (TPSA) is 113 Å². The van der Waals surface area contributed by atoms with E-state index in [0.29, 0.717) is 11.4 Å². The van der Waals surface area contributed by atoms with E-state index in [9.17, 15) is 13.2 Å². The number of carbonyl (C=O) groups is 1. The maximum atomic E-state index is 12.1. The minimum absolute atomic E-state index is 0.0120. The van der Waals surface area contributed by atoms with Crippen LogP contribution in [0.4, 0.5) is 16.2 Å². The number of anilines is 2. The average Bonchev–Trinajstić information content (AvgIpc) is 2.52. The lowest BCUT2D eigenvalue weighted by Crippen LogP contribution is -2.37. The molecule has 0 fully saturated rings. The van der Waals surface area contributed by atoms with Crippen LogP contribution in [0, 0.1) is 6.92 Å². The zero-order valence-corrected chi connectivity index (χ0v) is 13.6. The SMILES string of the molecule is Cc1cccc(NC(=O)NCC2=NS(=O)(=O)c3cnccc3N2)c1. The number of fused-ring (bicyclic) bond motifs is 1. The number of nitrogens with one attached hydrogen (secondary N) is 3. The van der Waals surface area contributed by atoms with Crippen molar-refractivity contribution in [2.75, 3.05) is 17.2 Å². The Hall–Kier alpha value is -2.94. The van der Waals surface area contributed by atoms with Crippen molar-refractivity contribution >= 4 is 33.3 Å². The van der Waals surface area contributed by atoms with Crippen LogP contribution in [0.1, 0.15) is 5.56 Å². The Morgan fingerprint density at radius 2 is 2.12 bits per heavy atom. The fraction of sp³-hybridized carbons (Fsp3) is 0.133. The molecular formula is C15H15N5O3S. The number of amidine groups is 1. The third-order valence-electron chi connectivity index (χ3n) is 3.26. The van der Waals surface area contributed by atoms with Gasteiger partial charge in [0.1, 0.15) is 10.7 Å². The molecule has 0 saturated carbocycles. The minimum Gasteiger partial charge on any atom is -0.340 e. The van der Waals surface area contributed by atoms with Crippen molar-refractivity contribution in [2.45, 2.75) is 11.8 Å². The second-order valence-corrected chi connectivity index (χ2v) is 6.76. The maximum absolute atomic E-state index is 12.1. The molecule has 3 N–H and O–H groups in total. The molecule has 8 nitrogen and oxygen atoms in total. The zero-order chi connectivity index (χ0) is 17.2. The molecule has 1 aliphatic heterocycles. The van der Waals surface area contributed by atoms with Crippen LogP contribution in [0.5, 0.6) is 0 Å². The second-order valence-electron chi connectivity index (χ2n) is 5.19. The second kappa shape index (κ2) is 6.28. The van der Waals surface area contributed by atoms with Gasteiger partial charge in [-0.05, 0) is 30.7 Å². The third-order valence-corrected chi connectivity index (χ3v) is 4.61. The molecule has 24 heavy (non-hydrogen) atoms. The van der Waals surface area contributed by atoms with Crippen molar-refractivity contribution < 1.29 is 13.2 Å². The number of amides is 2. The van der Waals surface area contributed by atoms with E-state index in [1.807, 2.05) is 25.1 Å². The van der Waals surface area contributed by atoms with Gasteiger partial charge in [0.15, 0.2) is 0 Å². The van der Waals surface area contributed by atoms with Crippen LogP contribution >= 0.6 is 0 Å². The molecule has 2 aromatic rings. The van der Waals surface area contributed by atoms with Crippen molar-refractivity contribution in [3.8, 4) is 0 Å². The molecule has 0 radical (unpaired) electrons. The van der Waals surface area contributed by atoms with E-state index in [1.54, 1.807) is 6.07 Å². The van der Waals surface area contributed by atoms with Gasteiger partial charge in [-0.1, -0.05) is 12.1 Å². The van der Waals surface area contributed by atoms with Gasteiger partial charge in [0, 0.05) is 18.1 Å². The summed E-state index contributed by atoms with van der Waals surface area (Å²) in [7, 11) is -3.81. The average molecular weight is 345 g/mol. The van der Waals surface area contributed by atoms with E-state index in [2.05, 4.69) is 25.3 Å². The molecule has 2 amide bonds. The molecule has 0 saturated heterocycles. The van der Waals surface area contributed by atoms with E-state index in [0.717, 1.165) is 5.56 Å². The first-order chi connectivity index (χ1) is 11.4. The van der Waals surface area contributed by atoms with Gasteiger partial charge in [-0.3, -0.25) is 4.98 Å². The number of rotatable bonds is 3. The fourth-order valence-electron chi connectivity index (χ4n) is 2.20. The number of hydrogen-bond acceptors (Lipinski definition) is 5. The summed E-state index contributed by atoms with van der Waals surface area (Å²) in [5, 5.41) is 8.10. The number of nitrogens with zero attached hydrogens (tertiary/aromatic N) is 2. The van der Waals surface area contributed by atoms with E-state index < -0.39 is 16.1 Å². The molecular weight excluding hydrogens is 330 g/mol. The quantitative estimate of drug-likeness (QED) is 0.784. The van der Waals surface area contributed by atoms with Gasteiger partial charge < -0.3 is 16.0 Å². The Kier molecular flexibility index (Phi) is 4.17. The summed E-state index contributed by atoms with van der Waals surface area (Å²) in [6, 6.07) is 8.41. The summed E-state index contributed by atoms with van der Waals surface area (Å²) in [4.78, 5) is 15.7. The molecule has 0 unspecified atom stereocenters. The molecule has 1 aromatic heterocycles. The number of benzene rings is 1. The number of aryl methyl sites for hydroxylation is 1. The summed E-state index contributed by atoms with van der Waals surface area (Å²) in [5.41, 5.74) is 2.05. The normalized spacial score (nSPS) is 14.8. The minimum atomic E-state index is -3.81. The molecule has 0 bridgehead atoms. The Morgan fingerprint density at radius 3 is 2.92 bits per heavy atom. The van der Waals surface area contributed by atoms with Crippen LogP contribution in [0.25, 0.3) is 0 Å². The summed E-state index contributed by atoms with van der Waals surface area (Å²) in [6.07, 6.45) is 2.71. The van der Waals surface area contributed by atoms with Gasteiger partial charge in [-0.25, -0.2) is 4.79 Å². The van der Waals surface area contributed by atoms with Gasteiger partial charge >= 0.3 is 6.03 Å². The highest BCUT2D eigenvalue weighted by molar-refractivity contribution is 7.90. The molecule has 9 heteroatoms. The van der Waals surface area contributed by atoms with Gasteiger partial charge in [0.25, 0.3) is 10.0 Å². The van der Waals surface area contributed by atoms with Gasteiger partial charge in [-0.2, -0.15) is 8.42 Å². The first-order valence-corrected chi connectivity index (χ1v) is 8.54. The predicted molar refractivity (Wildman–Crippen MR) is 90.7 cm³/mol. The third kappa shape index (κ3) is 3.51. The van der Waals surface area contributed by atoms with Crippen LogP contribution in [0.3, 0.4) is 0 Å². The van der Waals surface area contributed by atoms with E-state index in [4.69, 9.17) is 0 Å².